The summed E-state index contributed by atoms with van der Waals surface area (Å²) in [5.41, 5.74) is 5.74. The summed E-state index contributed by atoms with van der Waals surface area (Å²) in [5, 5.41) is 10.1. The van der Waals surface area contributed by atoms with Crippen LogP contribution in [0.2, 0.25) is 0 Å². The maximum atomic E-state index is 13.9. The summed E-state index contributed by atoms with van der Waals surface area (Å²) in [4.78, 5) is 36.5. The lowest BCUT2D eigenvalue weighted by Gasteiger charge is -2.35. The van der Waals surface area contributed by atoms with Crippen molar-refractivity contribution in [3.63, 3.8) is 0 Å². The molecule has 12 heteroatoms. The van der Waals surface area contributed by atoms with Crippen molar-refractivity contribution in [3.05, 3.63) is 41.2 Å². The second kappa shape index (κ2) is 11.3. The van der Waals surface area contributed by atoms with Gasteiger partial charge in [0.15, 0.2) is 23.2 Å². The average Bonchev–Trinajstić information content (AvgIpc) is 3.21. The number of esters is 2. The lowest BCUT2D eigenvalue weighted by atomic mass is 9.78. The van der Waals surface area contributed by atoms with Crippen LogP contribution in [0.15, 0.2) is 18.5 Å². The number of terminal acetylenes is 1. The van der Waals surface area contributed by atoms with E-state index >= 15 is 0 Å². The lowest BCUT2D eigenvalue weighted by molar-refractivity contribution is -0.169. The first-order valence-corrected chi connectivity index (χ1v) is 12.0. The van der Waals surface area contributed by atoms with Crippen LogP contribution in [-0.2, 0) is 31.0 Å². The SMILES string of the molecule is C#C[C@](CO)(OC)[C@H](Cn1cnc2c(N)nc(F)nc21)OC(=O)CC(C)(C)c1c(C)cc(C)cc1OC(C)=O. The van der Waals surface area contributed by atoms with Gasteiger partial charge in [-0.15, -0.1) is 6.42 Å². The number of methoxy groups -OCH3 is 1. The van der Waals surface area contributed by atoms with Crippen molar-refractivity contribution in [2.75, 3.05) is 19.5 Å². The van der Waals surface area contributed by atoms with Gasteiger partial charge < -0.3 is 29.6 Å². The number of aromatic nitrogens is 4. The largest absolute Gasteiger partial charge is 0.456 e. The van der Waals surface area contributed by atoms with Crippen LogP contribution < -0.4 is 10.5 Å². The minimum atomic E-state index is -1.74. The van der Waals surface area contributed by atoms with Gasteiger partial charge in [0.2, 0.25) is 0 Å². The summed E-state index contributed by atoms with van der Waals surface area (Å²) in [5.74, 6) is 1.39. The predicted molar refractivity (Wildman–Crippen MR) is 140 cm³/mol. The molecule has 0 spiro atoms. The third-order valence-electron chi connectivity index (χ3n) is 6.42. The fourth-order valence-corrected chi connectivity index (χ4v) is 4.71. The number of fused-ring (bicyclic) bond motifs is 1. The van der Waals surface area contributed by atoms with E-state index in [1.165, 1.54) is 24.9 Å². The molecule has 0 aliphatic heterocycles. The number of anilines is 1. The zero-order valence-electron chi connectivity index (χ0n) is 22.7. The molecule has 3 N–H and O–H groups in total. The van der Waals surface area contributed by atoms with Crippen molar-refractivity contribution in [1.29, 1.82) is 0 Å². The number of benzene rings is 1. The number of hydrogen-bond donors (Lipinski definition) is 2. The Kier molecular flexibility index (Phi) is 8.58. The highest BCUT2D eigenvalue weighted by molar-refractivity contribution is 5.81. The van der Waals surface area contributed by atoms with E-state index in [0.717, 1.165) is 11.1 Å². The second-order valence-electron chi connectivity index (χ2n) is 9.93. The minimum absolute atomic E-state index is 0.0441. The highest BCUT2D eigenvalue weighted by atomic mass is 19.1. The fourth-order valence-electron chi connectivity index (χ4n) is 4.71. The van der Waals surface area contributed by atoms with E-state index in [1.807, 2.05) is 33.8 Å². The molecule has 0 unspecified atom stereocenters. The molecule has 208 valence electrons. The van der Waals surface area contributed by atoms with Gasteiger partial charge in [-0.05, 0) is 31.0 Å². The van der Waals surface area contributed by atoms with Gasteiger partial charge in [-0.2, -0.15) is 14.4 Å². The van der Waals surface area contributed by atoms with Crippen molar-refractivity contribution in [2.45, 2.75) is 64.7 Å². The number of carbonyl (C=O) groups is 2. The number of ether oxygens (including phenoxy) is 3. The fraction of sp³-hybridized carbons (Fsp3) is 0.444. The molecule has 3 rings (SSSR count). The van der Waals surface area contributed by atoms with E-state index in [0.29, 0.717) is 11.3 Å². The monoisotopic (exact) mass is 541 g/mol. The first-order chi connectivity index (χ1) is 18.3. The number of halogens is 1. The van der Waals surface area contributed by atoms with Crippen LogP contribution in [-0.4, -0.2) is 62.0 Å². The molecule has 0 aliphatic carbocycles. The predicted octanol–water partition coefficient (Wildman–Crippen LogP) is 2.38. The zero-order valence-corrected chi connectivity index (χ0v) is 22.7. The van der Waals surface area contributed by atoms with Crippen molar-refractivity contribution < 1.29 is 33.3 Å². The molecule has 2 heterocycles. The number of nitrogen functional groups attached to an aromatic ring is 1. The van der Waals surface area contributed by atoms with Crippen LogP contribution in [0.4, 0.5) is 10.2 Å². The maximum Gasteiger partial charge on any atom is 0.312 e. The van der Waals surface area contributed by atoms with Crippen molar-refractivity contribution >= 4 is 28.9 Å². The molecule has 0 amide bonds. The molecule has 0 radical (unpaired) electrons. The summed E-state index contributed by atoms with van der Waals surface area (Å²) in [7, 11) is 1.27. The number of carbonyl (C=O) groups excluding carboxylic acids is 2. The number of nitrogens with zero attached hydrogens (tertiary/aromatic N) is 4. The van der Waals surface area contributed by atoms with Crippen molar-refractivity contribution in [1.82, 2.24) is 19.5 Å². The molecular formula is C27H32FN5O6. The number of imidazole rings is 1. The number of aliphatic hydroxyl groups excluding tert-OH is 1. The molecule has 2 atom stereocenters. The van der Waals surface area contributed by atoms with Gasteiger partial charge in [0.05, 0.1) is 25.9 Å². The molecule has 2 aromatic heterocycles. The summed E-state index contributed by atoms with van der Waals surface area (Å²) in [6, 6.07) is 3.66. The number of rotatable bonds is 10. The van der Waals surface area contributed by atoms with Crippen LogP contribution >= 0.6 is 0 Å². The molecule has 39 heavy (non-hydrogen) atoms. The summed E-state index contributed by atoms with van der Waals surface area (Å²) >= 11 is 0. The Balaban J connectivity index is 1.97. The third-order valence-corrected chi connectivity index (χ3v) is 6.42. The number of aliphatic hydroxyl groups is 1. The molecule has 1 aromatic carbocycles. The molecule has 3 aromatic rings. The molecule has 0 aliphatic rings. The van der Waals surface area contributed by atoms with Crippen LogP contribution in [0.3, 0.4) is 0 Å². The highest BCUT2D eigenvalue weighted by Crippen LogP contribution is 2.38. The van der Waals surface area contributed by atoms with Crippen LogP contribution in [0.5, 0.6) is 5.75 Å². The van der Waals surface area contributed by atoms with Gasteiger partial charge >= 0.3 is 18.0 Å². The van der Waals surface area contributed by atoms with Crippen LogP contribution in [0, 0.1) is 32.3 Å². The number of aryl methyl sites for hydroxylation is 2. The van der Waals surface area contributed by atoms with E-state index < -0.39 is 41.7 Å². The Morgan fingerprint density at radius 1 is 1.28 bits per heavy atom. The number of hydrogen-bond acceptors (Lipinski definition) is 10. The summed E-state index contributed by atoms with van der Waals surface area (Å²) < 4.78 is 32.0. The average molecular weight is 542 g/mol. The Hall–Kier alpha value is -4.08. The first-order valence-electron chi connectivity index (χ1n) is 12.0. The van der Waals surface area contributed by atoms with E-state index in [9.17, 15) is 19.1 Å². The summed E-state index contributed by atoms with van der Waals surface area (Å²) in [6.45, 7) is 7.79. The molecular weight excluding hydrogens is 509 g/mol. The van der Waals surface area contributed by atoms with Gasteiger partial charge in [0.25, 0.3) is 0 Å². The summed E-state index contributed by atoms with van der Waals surface area (Å²) in [6.07, 6.45) is 4.57. The Labute approximate surface area is 225 Å². The molecule has 0 fully saturated rings. The molecule has 0 saturated carbocycles. The van der Waals surface area contributed by atoms with E-state index in [-0.39, 0.29) is 29.9 Å². The Morgan fingerprint density at radius 3 is 2.56 bits per heavy atom. The zero-order chi connectivity index (χ0) is 29.1. The van der Waals surface area contributed by atoms with Gasteiger partial charge in [0.1, 0.15) is 11.3 Å². The van der Waals surface area contributed by atoms with Gasteiger partial charge in [-0.1, -0.05) is 25.8 Å². The first kappa shape index (κ1) is 29.5. The highest BCUT2D eigenvalue weighted by Gasteiger charge is 2.42. The van der Waals surface area contributed by atoms with E-state index in [4.69, 9.17) is 26.4 Å². The quantitative estimate of drug-likeness (QED) is 0.169. The van der Waals surface area contributed by atoms with Crippen LogP contribution in [0.1, 0.15) is 43.9 Å². The number of nitrogens with two attached hydrogens (primary N) is 1. The van der Waals surface area contributed by atoms with Gasteiger partial charge in [0, 0.05) is 25.0 Å². The smallest absolute Gasteiger partial charge is 0.312 e. The molecule has 0 bridgehead atoms. The Bertz CT molecular complexity index is 1440. The molecule has 11 nitrogen and oxygen atoms in total. The topological polar surface area (TPSA) is 152 Å². The lowest BCUT2D eigenvalue weighted by Crippen LogP contribution is -2.51. The van der Waals surface area contributed by atoms with Crippen LogP contribution in [0.25, 0.3) is 11.2 Å². The van der Waals surface area contributed by atoms with Gasteiger partial charge in [-0.3, -0.25) is 9.59 Å². The minimum Gasteiger partial charge on any atom is -0.456 e. The normalized spacial score (nSPS) is 13.9. The van der Waals surface area contributed by atoms with E-state index in [1.54, 1.807) is 6.07 Å². The van der Waals surface area contributed by atoms with Crippen molar-refractivity contribution in [2.24, 2.45) is 0 Å². The Morgan fingerprint density at radius 2 is 1.97 bits per heavy atom. The maximum absolute atomic E-state index is 13.9. The van der Waals surface area contributed by atoms with E-state index in [2.05, 4.69) is 20.9 Å². The van der Waals surface area contributed by atoms with Gasteiger partial charge in [-0.25, -0.2) is 4.98 Å². The van der Waals surface area contributed by atoms with Crippen molar-refractivity contribution in [3.8, 4) is 18.1 Å². The second-order valence-corrected chi connectivity index (χ2v) is 9.93. The standard InChI is InChI=1S/C27H32FN5O6/c1-8-27(13-34,37-7)19(12-33-14-30-22-23(29)31-25(28)32-24(22)33)39-20(36)11-26(5,6)21-16(3)9-15(2)10-18(21)38-17(4)35/h1,9-10,14,19,34H,11-13H2,2-7H3,(H2,29,31,32)/t19-,27+/m0/s1. The molecule has 0 saturated heterocycles. The third kappa shape index (κ3) is 6.16.